The lowest BCUT2D eigenvalue weighted by Crippen LogP contribution is -2.40. The van der Waals surface area contributed by atoms with Crippen LogP contribution < -0.4 is 15.4 Å². The minimum atomic E-state index is 0.240. The Labute approximate surface area is 146 Å². The van der Waals surface area contributed by atoms with Gasteiger partial charge in [0.25, 0.3) is 0 Å². The third kappa shape index (κ3) is 8.20. The molecule has 0 aromatic heterocycles. The van der Waals surface area contributed by atoms with Crippen LogP contribution in [0.3, 0.4) is 0 Å². The maximum absolute atomic E-state index is 9.17. The lowest BCUT2D eigenvalue weighted by Gasteiger charge is -2.18. The molecule has 0 aliphatic heterocycles. The van der Waals surface area contributed by atoms with E-state index in [1.807, 2.05) is 25.1 Å². The van der Waals surface area contributed by atoms with E-state index in [1.165, 1.54) is 0 Å². The molecule has 5 heteroatoms. The Morgan fingerprint density at radius 2 is 2.04 bits per heavy atom. The van der Waals surface area contributed by atoms with Gasteiger partial charge in [0.15, 0.2) is 5.96 Å². The third-order valence-corrected chi connectivity index (χ3v) is 3.77. The molecule has 0 aliphatic carbocycles. The van der Waals surface area contributed by atoms with Crippen molar-refractivity contribution in [2.24, 2.45) is 10.9 Å². The molecule has 1 aromatic rings. The average molecular weight is 335 g/mol. The average Bonchev–Trinajstić information content (AvgIpc) is 2.58. The highest BCUT2D eigenvalue weighted by Gasteiger charge is 2.08. The molecule has 0 saturated heterocycles. The van der Waals surface area contributed by atoms with Crippen molar-refractivity contribution in [2.45, 2.75) is 46.6 Å². The third-order valence-electron chi connectivity index (χ3n) is 3.77. The number of nitrogens with zero attached hydrogens (tertiary/aromatic N) is 1. The molecular weight excluding hydrogens is 302 g/mol. The number of hydrogen-bond donors (Lipinski definition) is 3. The van der Waals surface area contributed by atoms with Gasteiger partial charge in [-0.25, -0.2) is 4.99 Å². The first-order valence-corrected chi connectivity index (χ1v) is 9.08. The number of nitrogens with one attached hydrogen (secondary N) is 2. The first-order chi connectivity index (χ1) is 11.7. The van der Waals surface area contributed by atoms with E-state index in [4.69, 9.17) is 9.84 Å². The first-order valence-electron chi connectivity index (χ1n) is 9.08. The van der Waals surface area contributed by atoms with Crippen LogP contribution in [0.5, 0.6) is 5.75 Å². The standard InChI is InChI=1S/C19H33N3O2/c1-4-8-16(11-12-23)14-21-19(20-5-2)22-15-17-9-7-10-18(13-17)24-6-3/h7,9-10,13,16,23H,4-6,8,11-12,14-15H2,1-3H3,(H2,20,21,22). The summed E-state index contributed by atoms with van der Waals surface area (Å²) in [6.45, 7) is 9.39. The molecule has 0 saturated carbocycles. The molecule has 0 fully saturated rings. The SMILES string of the molecule is CCCC(CCO)CNC(=NCc1cccc(OCC)c1)NCC. The maximum atomic E-state index is 9.17. The van der Waals surface area contributed by atoms with Gasteiger partial charge in [-0.05, 0) is 50.3 Å². The second kappa shape index (κ2) is 12.6. The van der Waals surface area contributed by atoms with Gasteiger partial charge in [-0.1, -0.05) is 25.5 Å². The molecule has 0 heterocycles. The fourth-order valence-corrected chi connectivity index (χ4v) is 2.59. The number of aliphatic imine (C=N–C) groups is 1. The summed E-state index contributed by atoms with van der Waals surface area (Å²) >= 11 is 0. The number of guanidine groups is 1. The Morgan fingerprint density at radius 1 is 1.21 bits per heavy atom. The summed E-state index contributed by atoms with van der Waals surface area (Å²) in [4.78, 5) is 4.65. The van der Waals surface area contributed by atoms with Gasteiger partial charge in [-0.2, -0.15) is 0 Å². The molecular formula is C19H33N3O2. The highest BCUT2D eigenvalue weighted by atomic mass is 16.5. The summed E-state index contributed by atoms with van der Waals surface area (Å²) in [5.41, 5.74) is 1.12. The topological polar surface area (TPSA) is 65.9 Å². The van der Waals surface area contributed by atoms with E-state index < -0.39 is 0 Å². The Morgan fingerprint density at radius 3 is 2.71 bits per heavy atom. The van der Waals surface area contributed by atoms with Crippen molar-refractivity contribution in [3.63, 3.8) is 0 Å². The summed E-state index contributed by atoms with van der Waals surface area (Å²) in [7, 11) is 0. The smallest absolute Gasteiger partial charge is 0.191 e. The van der Waals surface area contributed by atoms with E-state index >= 15 is 0 Å². The van der Waals surface area contributed by atoms with Gasteiger partial charge in [-0.15, -0.1) is 0 Å². The van der Waals surface area contributed by atoms with Crippen LogP contribution in [-0.4, -0.2) is 37.4 Å². The zero-order valence-electron chi connectivity index (χ0n) is 15.3. The predicted molar refractivity (Wildman–Crippen MR) is 101 cm³/mol. The number of hydrogen-bond acceptors (Lipinski definition) is 3. The van der Waals surface area contributed by atoms with Crippen LogP contribution in [0, 0.1) is 5.92 Å². The fourth-order valence-electron chi connectivity index (χ4n) is 2.59. The van der Waals surface area contributed by atoms with E-state index in [9.17, 15) is 0 Å². The molecule has 0 bridgehead atoms. The van der Waals surface area contributed by atoms with Crippen LogP contribution in [0.2, 0.25) is 0 Å². The van der Waals surface area contributed by atoms with Crippen LogP contribution in [0.1, 0.15) is 45.6 Å². The Hall–Kier alpha value is -1.75. The number of aliphatic hydroxyl groups excluding tert-OH is 1. The Bertz CT molecular complexity index is 471. The monoisotopic (exact) mass is 335 g/mol. The first kappa shape index (κ1) is 20.3. The van der Waals surface area contributed by atoms with Gasteiger partial charge >= 0.3 is 0 Å². The van der Waals surface area contributed by atoms with Crippen molar-refractivity contribution < 1.29 is 9.84 Å². The van der Waals surface area contributed by atoms with E-state index in [0.717, 1.165) is 49.6 Å². The van der Waals surface area contributed by atoms with Crippen molar-refractivity contribution in [2.75, 3.05) is 26.3 Å². The second-order valence-corrected chi connectivity index (χ2v) is 5.82. The molecule has 1 unspecified atom stereocenters. The van der Waals surface area contributed by atoms with Crippen LogP contribution in [0.15, 0.2) is 29.3 Å². The van der Waals surface area contributed by atoms with E-state index in [1.54, 1.807) is 0 Å². The molecule has 136 valence electrons. The lowest BCUT2D eigenvalue weighted by molar-refractivity contribution is 0.251. The summed E-state index contributed by atoms with van der Waals surface area (Å²) in [6.07, 6.45) is 3.07. The minimum Gasteiger partial charge on any atom is -0.494 e. The number of aliphatic hydroxyl groups is 1. The van der Waals surface area contributed by atoms with Crippen LogP contribution in [-0.2, 0) is 6.54 Å². The van der Waals surface area contributed by atoms with Gasteiger partial charge in [0, 0.05) is 19.7 Å². The minimum absolute atomic E-state index is 0.240. The second-order valence-electron chi connectivity index (χ2n) is 5.82. The summed E-state index contributed by atoms with van der Waals surface area (Å²) in [6, 6.07) is 8.04. The Kier molecular flexibility index (Phi) is 10.7. The van der Waals surface area contributed by atoms with Crippen LogP contribution in [0.25, 0.3) is 0 Å². The van der Waals surface area contributed by atoms with E-state index in [2.05, 4.69) is 35.5 Å². The predicted octanol–water partition coefficient (Wildman–Crippen LogP) is 2.94. The molecule has 1 aromatic carbocycles. The van der Waals surface area contributed by atoms with Crippen molar-refractivity contribution in [3.8, 4) is 5.75 Å². The number of benzene rings is 1. The molecule has 5 nitrogen and oxygen atoms in total. The van der Waals surface area contributed by atoms with Gasteiger partial charge in [0.05, 0.1) is 13.2 Å². The maximum Gasteiger partial charge on any atom is 0.191 e. The summed E-state index contributed by atoms with van der Waals surface area (Å²) in [5, 5.41) is 15.8. The molecule has 3 N–H and O–H groups in total. The van der Waals surface area contributed by atoms with E-state index in [-0.39, 0.29) is 6.61 Å². The van der Waals surface area contributed by atoms with Gasteiger partial charge in [0.1, 0.15) is 5.75 Å². The van der Waals surface area contributed by atoms with Crippen LogP contribution >= 0.6 is 0 Å². The molecule has 24 heavy (non-hydrogen) atoms. The quantitative estimate of drug-likeness (QED) is 0.430. The number of rotatable bonds is 11. The van der Waals surface area contributed by atoms with Crippen molar-refractivity contribution >= 4 is 5.96 Å². The molecule has 1 rings (SSSR count). The van der Waals surface area contributed by atoms with Crippen molar-refractivity contribution in [1.82, 2.24) is 10.6 Å². The Balaban J connectivity index is 2.62. The highest BCUT2D eigenvalue weighted by Crippen LogP contribution is 2.14. The lowest BCUT2D eigenvalue weighted by atomic mass is 10.0. The molecule has 1 atom stereocenters. The van der Waals surface area contributed by atoms with E-state index in [0.29, 0.717) is 19.1 Å². The highest BCUT2D eigenvalue weighted by molar-refractivity contribution is 5.79. The van der Waals surface area contributed by atoms with Crippen molar-refractivity contribution in [3.05, 3.63) is 29.8 Å². The number of ether oxygens (including phenoxy) is 1. The zero-order valence-corrected chi connectivity index (χ0v) is 15.3. The van der Waals surface area contributed by atoms with Gasteiger partial charge < -0.3 is 20.5 Å². The largest absolute Gasteiger partial charge is 0.494 e. The van der Waals surface area contributed by atoms with Gasteiger partial charge in [-0.3, -0.25) is 0 Å². The molecule has 0 spiro atoms. The van der Waals surface area contributed by atoms with Crippen LogP contribution in [0.4, 0.5) is 0 Å². The summed E-state index contributed by atoms with van der Waals surface area (Å²) < 4.78 is 5.53. The van der Waals surface area contributed by atoms with Gasteiger partial charge in [0.2, 0.25) is 0 Å². The van der Waals surface area contributed by atoms with Crippen molar-refractivity contribution in [1.29, 1.82) is 0 Å². The normalized spacial score (nSPS) is 12.8. The molecule has 0 radical (unpaired) electrons. The molecule has 0 amide bonds. The zero-order chi connectivity index (χ0) is 17.6. The fraction of sp³-hybridized carbons (Fsp3) is 0.632. The summed E-state index contributed by atoms with van der Waals surface area (Å²) in [5.74, 6) is 2.18. The molecule has 0 aliphatic rings.